The molecule has 6 nitrogen and oxygen atoms in total. The molecule has 3 aromatic rings. The Morgan fingerprint density at radius 3 is 2.46 bits per heavy atom. The lowest BCUT2D eigenvalue weighted by Gasteiger charge is -2.06. The highest BCUT2D eigenvalue weighted by atomic mass is 32.2. The van der Waals surface area contributed by atoms with Gasteiger partial charge in [-0.3, -0.25) is 4.79 Å². The van der Waals surface area contributed by atoms with Crippen LogP contribution in [0.25, 0.3) is 11.3 Å². The van der Waals surface area contributed by atoms with E-state index in [1.165, 1.54) is 17.8 Å². The molecule has 3 rings (SSSR count). The minimum Gasteiger partial charge on any atom is -0.497 e. The van der Waals surface area contributed by atoms with Gasteiger partial charge in [0.25, 0.3) is 5.56 Å². The van der Waals surface area contributed by atoms with Gasteiger partial charge in [-0.05, 0) is 48.9 Å². The van der Waals surface area contributed by atoms with E-state index in [-0.39, 0.29) is 11.5 Å². The fraction of sp³-hybridized carbons (Fsp3) is 0.190. The van der Waals surface area contributed by atoms with Gasteiger partial charge in [-0.25, -0.2) is 9.78 Å². The van der Waals surface area contributed by atoms with Gasteiger partial charge in [0, 0.05) is 17.4 Å². The molecule has 28 heavy (non-hydrogen) atoms. The molecule has 2 aromatic carbocycles. The molecule has 0 aliphatic heterocycles. The van der Waals surface area contributed by atoms with Gasteiger partial charge in [-0.1, -0.05) is 23.9 Å². The number of hydrogen-bond acceptors (Lipinski definition) is 6. The highest BCUT2D eigenvalue weighted by Crippen LogP contribution is 2.23. The molecule has 0 radical (unpaired) electrons. The van der Waals surface area contributed by atoms with Crippen molar-refractivity contribution in [3.8, 4) is 17.0 Å². The molecule has 7 heteroatoms. The summed E-state index contributed by atoms with van der Waals surface area (Å²) < 4.78 is 10.1. The molecule has 0 fully saturated rings. The lowest BCUT2D eigenvalue weighted by molar-refractivity contribution is 0.0526. The highest BCUT2D eigenvalue weighted by Gasteiger charge is 2.08. The van der Waals surface area contributed by atoms with Gasteiger partial charge in [0.15, 0.2) is 5.16 Å². The number of H-pyrrole nitrogens is 1. The maximum absolute atomic E-state index is 12.0. The van der Waals surface area contributed by atoms with Crippen LogP contribution < -0.4 is 10.3 Å². The molecule has 1 heterocycles. The number of aromatic nitrogens is 2. The molecule has 1 N–H and O–H groups in total. The summed E-state index contributed by atoms with van der Waals surface area (Å²) in [5.74, 6) is 1.02. The van der Waals surface area contributed by atoms with Crippen molar-refractivity contribution < 1.29 is 14.3 Å². The molecule has 0 saturated heterocycles. The number of aromatic amines is 1. The van der Waals surface area contributed by atoms with Gasteiger partial charge >= 0.3 is 5.97 Å². The third-order valence-corrected chi connectivity index (χ3v) is 4.89. The summed E-state index contributed by atoms with van der Waals surface area (Å²) in [4.78, 5) is 31.0. The Balaban J connectivity index is 1.71. The normalized spacial score (nSPS) is 10.5. The first-order valence-electron chi connectivity index (χ1n) is 8.73. The SMILES string of the molecule is CCOC(=O)c1ccc(CSc2nc(-c3ccc(OC)cc3)cc(=O)[nH]2)cc1. The van der Waals surface area contributed by atoms with E-state index in [0.29, 0.717) is 28.8 Å². The number of benzene rings is 2. The molecule has 0 aliphatic carbocycles. The summed E-state index contributed by atoms with van der Waals surface area (Å²) in [6.07, 6.45) is 0. The topological polar surface area (TPSA) is 81.3 Å². The quantitative estimate of drug-likeness (QED) is 0.370. The predicted molar refractivity (Wildman–Crippen MR) is 109 cm³/mol. The van der Waals surface area contributed by atoms with Crippen molar-refractivity contribution in [3.63, 3.8) is 0 Å². The largest absolute Gasteiger partial charge is 0.497 e. The van der Waals surface area contributed by atoms with E-state index in [4.69, 9.17) is 9.47 Å². The van der Waals surface area contributed by atoms with Gasteiger partial charge in [0.05, 0.1) is 25.0 Å². The molecule has 1 aromatic heterocycles. The number of nitrogens with one attached hydrogen (secondary N) is 1. The van der Waals surface area contributed by atoms with Crippen molar-refractivity contribution in [3.05, 3.63) is 76.1 Å². The molecule has 0 atom stereocenters. The Morgan fingerprint density at radius 2 is 1.82 bits per heavy atom. The minimum absolute atomic E-state index is 0.207. The highest BCUT2D eigenvalue weighted by molar-refractivity contribution is 7.98. The summed E-state index contributed by atoms with van der Waals surface area (Å²) in [5.41, 5.74) is 2.76. The van der Waals surface area contributed by atoms with Crippen LogP contribution in [-0.4, -0.2) is 29.7 Å². The van der Waals surface area contributed by atoms with Gasteiger partial charge in [0.1, 0.15) is 5.75 Å². The number of esters is 1. The number of carbonyl (C=O) groups excluding carboxylic acids is 1. The standard InChI is InChI=1S/C21H20N2O4S/c1-3-27-20(25)16-6-4-14(5-7-16)13-28-21-22-18(12-19(24)23-21)15-8-10-17(26-2)11-9-15/h4-12H,3,13H2,1-2H3,(H,22,23,24). The number of thioether (sulfide) groups is 1. The summed E-state index contributed by atoms with van der Waals surface area (Å²) in [5, 5.41) is 0.535. The van der Waals surface area contributed by atoms with Gasteiger partial charge in [0.2, 0.25) is 0 Å². The summed E-state index contributed by atoms with van der Waals surface area (Å²) >= 11 is 1.42. The van der Waals surface area contributed by atoms with Crippen LogP contribution in [0.15, 0.2) is 64.5 Å². The fourth-order valence-corrected chi connectivity index (χ4v) is 3.35. The third kappa shape index (κ3) is 5.01. The molecule has 0 aliphatic rings. The Labute approximate surface area is 166 Å². The second kappa shape index (κ2) is 9.23. The maximum Gasteiger partial charge on any atom is 0.338 e. The van der Waals surface area contributed by atoms with E-state index >= 15 is 0 Å². The lowest BCUT2D eigenvalue weighted by Crippen LogP contribution is -2.08. The number of nitrogens with zero attached hydrogens (tertiary/aromatic N) is 1. The number of methoxy groups -OCH3 is 1. The fourth-order valence-electron chi connectivity index (χ4n) is 2.52. The van der Waals surface area contributed by atoms with Crippen LogP contribution in [0.3, 0.4) is 0 Å². The molecule has 0 amide bonds. The molecule has 144 valence electrons. The first-order chi connectivity index (χ1) is 13.6. The van der Waals surface area contributed by atoms with Crippen LogP contribution in [0, 0.1) is 0 Å². The molecular weight excluding hydrogens is 376 g/mol. The molecule has 0 bridgehead atoms. The average molecular weight is 396 g/mol. The summed E-state index contributed by atoms with van der Waals surface area (Å²) in [6, 6.07) is 16.1. The predicted octanol–water partition coefficient (Wildman–Crippen LogP) is 3.91. The van der Waals surface area contributed by atoms with Crippen LogP contribution in [0.4, 0.5) is 0 Å². The van der Waals surface area contributed by atoms with Crippen molar-refractivity contribution in [2.45, 2.75) is 17.8 Å². The van der Waals surface area contributed by atoms with E-state index in [1.54, 1.807) is 26.2 Å². The van der Waals surface area contributed by atoms with Crippen molar-refractivity contribution in [1.82, 2.24) is 9.97 Å². The van der Waals surface area contributed by atoms with Crippen molar-refractivity contribution >= 4 is 17.7 Å². The number of hydrogen-bond donors (Lipinski definition) is 1. The zero-order valence-electron chi connectivity index (χ0n) is 15.6. The maximum atomic E-state index is 12.0. The number of ether oxygens (including phenoxy) is 2. The Hall–Kier alpha value is -3.06. The Bertz CT molecular complexity index is 998. The van der Waals surface area contributed by atoms with E-state index < -0.39 is 0 Å². The summed E-state index contributed by atoms with van der Waals surface area (Å²) in [6.45, 7) is 2.12. The van der Waals surface area contributed by atoms with Crippen molar-refractivity contribution in [1.29, 1.82) is 0 Å². The van der Waals surface area contributed by atoms with Crippen molar-refractivity contribution in [2.75, 3.05) is 13.7 Å². The number of rotatable bonds is 7. The molecular formula is C21H20N2O4S. The zero-order chi connectivity index (χ0) is 19.9. The van der Waals surface area contributed by atoms with E-state index in [2.05, 4.69) is 9.97 Å². The smallest absolute Gasteiger partial charge is 0.338 e. The molecule has 0 saturated carbocycles. The first-order valence-corrected chi connectivity index (χ1v) is 9.72. The van der Waals surface area contributed by atoms with E-state index in [1.807, 2.05) is 36.4 Å². The van der Waals surface area contributed by atoms with Crippen LogP contribution in [-0.2, 0) is 10.5 Å². The van der Waals surface area contributed by atoms with Crippen LogP contribution >= 0.6 is 11.8 Å². The Kier molecular flexibility index (Phi) is 6.49. The number of carbonyl (C=O) groups is 1. The average Bonchev–Trinajstić information content (AvgIpc) is 2.72. The second-order valence-electron chi connectivity index (χ2n) is 5.87. The second-order valence-corrected chi connectivity index (χ2v) is 6.83. The molecule has 0 unspecified atom stereocenters. The van der Waals surface area contributed by atoms with Gasteiger partial charge in [-0.2, -0.15) is 0 Å². The van der Waals surface area contributed by atoms with Crippen LogP contribution in [0.1, 0.15) is 22.8 Å². The Morgan fingerprint density at radius 1 is 1.11 bits per heavy atom. The third-order valence-electron chi connectivity index (χ3n) is 3.95. The zero-order valence-corrected chi connectivity index (χ0v) is 16.4. The molecule has 0 spiro atoms. The van der Waals surface area contributed by atoms with Gasteiger partial charge < -0.3 is 14.5 Å². The van der Waals surface area contributed by atoms with Crippen LogP contribution in [0.5, 0.6) is 5.75 Å². The lowest BCUT2D eigenvalue weighted by atomic mass is 10.1. The van der Waals surface area contributed by atoms with Crippen molar-refractivity contribution in [2.24, 2.45) is 0 Å². The first kappa shape index (κ1) is 19.7. The van der Waals surface area contributed by atoms with E-state index in [0.717, 1.165) is 16.9 Å². The monoisotopic (exact) mass is 396 g/mol. The minimum atomic E-state index is -0.333. The van der Waals surface area contributed by atoms with Gasteiger partial charge in [-0.15, -0.1) is 0 Å². The van der Waals surface area contributed by atoms with E-state index in [9.17, 15) is 9.59 Å². The van der Waals surface area contributed by atoms with Crippen LogP contribution in [0.2, 0.25) is 0 Å². The summed E-state index contributed by atoms with van der Waals surface area (Å²) in [7, 11) is 1.61.